The summed E-state index contributed by atoms with van der Waals surface area (Å²) in [6.45, 7) is 2.17. The van der Waals surface area contributed by atoms with Crippen LogP contribution in [0.1, 0.15) is 58.3 Å². The monoisotopic (exact) mass is 318 g/mol. The molecule has 3 nitrogen and oxygen atoms in total. The number of unbranched alkanes of at least 4 members (excludes halogenated alkanes) is 1. The lowest BCUT2D eigenvalue weighted by atomic mass is 10.2. The molecule has 0 bridgehead atoms. The summed E-state index contributed by atoms with van der Waals surface area (Å²) in [7, 11) is 0. The van der Waals surface area contributed by atoms with E-state index in [0.29, 0.717) is 12.2 Å². The van der Waals surface area contributed by atoms with Crippen molar-refractivity contribution in [2.75, 3.05) is 0 Å². The van der Waals surface area contributed by atoms with Gasteiger partial charge in [0.05, 0.1) is 12.2 Å². The first-order valence-electron chi connectivity index (χ1n) is 8.71. The number of carbonyl (C=O) groups is 1. The first-order valence-corrected chi connectivity index (χ1v) is 8.71. The zero-order valence-electron chi connectivity index (χ0n) is 14.2. The Labute approximate surface area is 140 Å². The minimum atomic E-state index is -0.717. The van der Waals surface area contributed by atoms with Crippen molar-refractivity contribution in [1.29, 1.82) is 0 Å². The maximum Gasteiger partial charge on any atom is 0.303 e. The second kappa shape index (κ2) is 12.9. The van der Waals surface area contributed by atoms with Crippen LogP contribution in [0, 0.1) is 0 Å². The number of ether oxygens (including phenoxy) is 1. The molecule has 1 heterocycles. The number of epoxide rings is 1. The van der Waals surface area contributed by atoms with Gasteiger partial charge in [0, 0.05) is 6.42 Å². The van der Waals surface area contributed by atoms with Crippen LogP contribution in [0.3, 0.4) is 0 Å². The molecule has 0 spiro atoms. The fourth-order valence-corrected chi connectivity index (χ4v) is 2.28. The van der Waals surface area contributed by atoms with Crippen LogP contribution in [-0.2, 0) is 9.53 Å². The van der Waals surface area contributed by atoms with Gasteiger partial charge >= 0.3 is 5.97 Å². The van der Waals surface area contributed by atoms with E-state index in [1.165, 1.54) is 0 Å². The molecule has 0 amide bonds. The average molecular weight is 318 g/mol. The minimum Gasteiger partial charge on any atom is -0.481 e. The van der Waals surface area contributed by atoms with E-state index in [9.17, 15) is 4.79 Å². The molecule has 128 valence electrons. The Morgan fingerprint density at radius 1 is 0.913 bits per heavy atom. The summed E-state index contributed by atoms with van der Waals surface area (Å²) in [5.41, 5.74) is 0. The molecule has 1 aliphatic rings. The second-order valence-electron chi connectivity index (χ2n) is 5.74. The quantitative estimate of drug-likeness (QED) is 0.288. The van der Waals surface area contributed by atoms with Gasteiger partial charge in [-0.2, -0.15) is 0 Å². The lowest BCUT2D eigenvalue weighted by molar-refractivity contribution is -0.137. The highest BCUT2D eigenvalue weighted by atomic mass is 16.6. The van der Waals surface area contributed by atoms with Crippen molar-refractivity contribution < 1.29 is 14.6 Å². The summed E-state index contributed by atoms with van der Waals surface area (Å²) in [5.74, 6) is -0.717. The van der Waals surface area contributed by atoms with Gasteiger partial charge in [0.15, 0.2) is 0 Å². The maximum absolute atomic E-state index is 10.3. The van der Waals surface area contributed by atoms with E-state index in [4.69, 9.17) is 9.84 Å². The smallest absolute Gasteiger partial charge is 0.303 e. The van der Waals surface area contributed by atoms with Gasteiger partial charge in [0.25, 0.3) is 0 Å². The summed E-state index contributed by atoms with van der Waals surface area (Å²) in [6, 6.07) is 0. The highest BCUT2D eigenvalue weighted by Crippen LogP contribution is 2.28. The van der Waals surface area contributed by atoms with Crippen molar-refractivity contribution in [2.45, 2.75) is 70.5 Å². The lowest BCUT2D eigenvalue weighted by Gasteiger charge is -1.90. The standard InChI is InChI=1S/C20H30O3/c1-2-18-19(23-18)16-14-12-10-8-6-4-3-5-7-9-11-13-15-17-20(21)22/h3,5-6,8-9,11-12,14,18-19H,2,4,7,10,13,15-17H2,1H3,(H,21,22)/b5-3+,8-6-,11-9-,14-12-/t18-,19+/m1/s1. The Balaban J connectivity index is 1.90. The second-order valence-corrected chi connectivity index (χ2v) is 5.74. The summed E-state index contributed by atoms with van der Waals surface area (Å²) < 4.78 is 5.48. The number of allylic oxidation sites excluding steroid dienone is 7. The summed E-state index contributed by atoms with van der Waals surface area (Å²) in [6.07, 6.45) is 25.1. The average Bonchev–Trinajstić information content (AvgIpc) is 3.29. The highest BCUT2D eigenvalue weighted by Gasteiger charge is 2.35. The highest BCUT2D eigenvalue weighted by molar-refractivity contribution is 5.66. The Morgan fingerprint density at radius 3 is 2.00 bits per heavy atom. The van der Waals surface area contributed by atoms with Crippen LogP contribution in [0.15, 0.2) is 48.6 Å². The summed E-state index contributed by atoms with van der Waals surface area (Å²) >= 11 is 0. The molecule has 0 unspecified atom stereocenters. The van der Waals surface area contributed by atoms with E-state index in [-0.39, 0.29) is 6.42 Å². The van der Waals surface area contributed by atoms with Crippen LogP contribution in [0.25, 0.3) is 0 Å². The summed E-state index contributed by atoms with van der Waals surface area (Å²) in [5, 5.41) is 8.50. The first kappa shape index (κ1) is 19.4. The molecule has 0 aliphatic carbocycles. The number of hydrogen-bond acceptors (Lipinski definition) is 2. The molecule has 1 saturated heterocycles. The fourth-order valence-electron chi connectivity index (χ4n) is 2.28. The molecule has 1 rings (SSSR count). The zero-order valence-corrected chi connectivity index (χ0v) is 14.2. The van der Waals surface area contributed by atoms with E-state index in [1.807, 2.05) is 0 Å². The molecule has 0 aromatic rings. The van der Waals surface area contributed by atoms with Crippen LogP contribution < -0.4 is 0 Å². The molecule has 1 N–H and O–H groups in total. The summed E-state index contributed by atoms with van der Waals surface area (Å²) in [4.78, 5) is 10.3. The van der Waals surface area contributed by atoms with Crippen LogP contribution in [0.4, 0.5) is 0 Å². The predicted molar refractivity (Wildman–Crippen MR) is 95.5 cm³/mol. The fraction of sp³-hybridized carbons (Fsp3) is 0.550. The van der Waals surface area contributed by atoms with Gasteiger partial charge in [-0.05, 0) is 44.9 Å². The SMILES string of the molecule is CC[C@H]1O[C@H]1C/C=C\C/C=C\C/C=C/C/C=C\CCCC(=O)O. The van der Waals surface area contributed by atoms with Gasteiger partial charge in [0.1, 0.15) is 0 Å². The Hall–Kier alpha value is -1.61. The Morgan fingerprint density at radius 2 is 1.48 bits per heavy atom. The van der Waals surface area contributed by atoms with Gasteiger partial charge in [-0.1, -0.05) is 55.5 Å². The lowest BCUT2D eigenvalue weighted by Crippen LogP contribution is -1.92. The largest absolute Gasteiger partial charge is 0.481 e. The van der Waals surface area contributed by atoms with Crippen molar-refractivity contribution in [3.05, 3.63) is 48.6 Å². The third kappa shape index (κ3) is 11.6. The number of hydrogen-bond donors (Lipinski definition) is 1. The molecular weight excluding hydrogens is 288 g/mol. The van der Waals surface area contributed by atoms with Crippen molar-refractivity contribution in [1.82, 2.24) is 0 Å². The third-order valence-electron chi connectivity index (χ3n) is 3.70. The Bertz CT molecular complexity index is 432. The molecular formula is C20H30O3. The van der Waals surface area contributed by atoms with Crippen molar-refractivity contribution in [3.63, 3.8) is 0 Å². The molecule has 2 atom stereocenters. The van der Waals surface area contributed by atoms with Crippen LogP contribution in [-0.4, -0.2) is 23.3 Å². The minimum absolute atomic E-state index is 0.256. The molecule has 1 aliphatic heterocycles. The van der Waals surface area contributed by atoms with Gasteiger partial charge < -0.3 is 9.84 Å². The maximum atomic E-state index is 10.3. The zero-order chi connectivity index (χ0) is 16.8. The van der Waals surface area contributed by atoms with Crippen LogP contribution in [0.5, 0.6) is 0 Å². The Kier molecular flexibility index (Phi) is 10.9. The van der Waals surface area contributed by atoms with E-state index in [1.54, 1.807) is 0 Å². The van der Waals surface area contributed by atoms with Gasteiger partial charge in [-0.3, -0.25) is 4.79 Å². The predicted octanol–water partition coefficient (Wildman–Crippen LogP) is 5.20. The van der Waals surface area contributed by atoms with E-state index < -0.39 is 5.97 Å². The third-order valence-corrected chi connectivity index (χ3v) is 3.70. The molecule has 3 heteroatoms. The van der Waals surface area contributed by atoms with Crippen molar-refractivity contribution >= 4 is 5.97 Å². The number of carboxylic acids is 1. The number of aliphatic carboxylic acids is 1. The van der Waals surface area contributed by atoms with Gasteiger partial charge in [-0.25, -0.2) is 0 Å². The van der Waals surface area contributed by atoms with E-state index in [0.717, 1.165) is 44.9 Å². The number of rotatable bonds is 13. The molecule has 0 saturated carbocycles. The topological polar surface area (TPSA) is 49.8 Å². The molecule has 1 fully saturated rings. The van der Waals surface area contributed by atoms with Crippen LogP contribution >= 0.6 is 0 Å². The molecule has 23 heavy (non-hydrogen) atoms. The first-order chi connectivity index (χ1) is 11.2. The van der Waals surface area contributed by atoms with Crippen molar-refractivity contribution in [2.24, 2.45) is 0 Å². The van der Waals surface area contributed by atoms with E-state index in [2.05, 4.69) is 55.5 Å². The molecule has 0 aromatic heterocycles. The van der Waals surface area contributed by atoms with Crippen molar-refractivity contribution in [3.8, 4) is 0 Å². The molecule has 0 aromatic carbocycles. The van der Waals surface area contributed by atoms with Crippen LogP contribution in [0.2, 0.25) is 0 Å². The normalized spacial score (nSPS) is 21.3. The molecule has 0 radical (unpaired) electrons. The van der Waals surface area contributed by atoms with Gasteiger partial charge in [-0.15, -0.1) is 0 Å². The van der Waals surface area contributed by atoms with E-state index >= 15 is 0 Å². The van der Waals surface area contributed by atoms with Gasteiger partial charge in [0.2, 0.25) is 0 Å². The number of carboxylic acid groups (broad SMARTS) is 1.